The molecule has 0 aromatic heterocycles. The van der Waals surface area contributed by atoms with Crippen LogP contribution in [0, 0.1) is 0 Å². The number of hydrogen-bond donors (Lipinski definition) is 2. The van der Waals surface area contributed by atoms with E-state index in [4.69, 9.17) is 5.73 Å². The van der Waals surface area contributed by atoms with Crippen LogP contribution in [0.3, 0.4) is 0 Å². The molecule has 1 fully saturated rings. The molecule has 94 valence electrons. The zero-order valence-electron chi connectivity index (χ0n) is 10.8. The first-order valence-electron chi connectivity index (χ1n) is 6.22. The maximum atomic E-state index is 11.5. The van der Waals surface area contributed by atoms with Crippen molar-refractivity contribution in [1.82, 2.24) is 10.2 Å². The highest BCUT2D eigenvalue weighted by Crippen LogP contribution is 2.15. The summed E-state index contributed by atoms with van der Waals surface area (Å²) in [7, 11) is 0. The normalized spacial score (nSPS) is 23.1. The molecule has 1 aliphatic rings. The van der Waals surface area contributed by atoms with E-state index in [-0.39, 0.29) is 5.91 Å². The van der Waals surface area contributed by atoms with Gasteiger partial charge in [0, 0.05) is 19.1 Å². The monoisotopic (exact) mass is 227 g/mol. The van der Waals surface area contributed by atoms with Gasteiger partial charge in [0.2, 0.25) is 5.91 Å². The molecule has 0 aliphatic carbocycles. The summed E-state index contributed by atoms with van der Waals surface area (Å²) in [6.45, 7) is 8.50. The lowest BCUT2D eigenvalue weighted by molar-refractivity contribution is -0.125. The molecule has 0 aromatic carbocycles. The second kappa shape index (κ2) is 5.64. The van der Waals surface area contributed by atoms with Crippen LogP contribution >= 0.6 is 0 Å². The SMILES string of the molecule is CC1CCCCN1CCNC(=O)C(C)(C)N. The molecule has 1 unspecified atom stereocenters. The molecule has 1 heterocycles. The third-order valence-electron chi connectivity index (χ3n) is 3.21. The number of rotatable bonds is 4. The Bertz CT molecular complexity index is 235. The minimum absolute atomic E-state index is 0.0721. The molecular weight excluding hydrogens is 202 g/mol. The van der Waals surface area contributed by atoms with Crippen molar-refractivity contribution in [2.24, 2.45) is 5.73 Å². The lowest BCUT2D eigenvalue weighted by Crippen LogP contribution is -2.51. The molecule has 0 radical (unpaired) electrons. The molecular formula is C12H25N3O. The van der Waals surface area contributed by atoms with Crippen LogP contribution in [0.4, 0.5) is 0 Å². The maximum absolute atomic E-state index is 11.5. The van der Waals surface area contributed by atoms with Gasteiger partial charge in [-0.3, -0.25) is 9.69 Å². The average molecular weight is 227 g/mol. The summed E-state index contributed by atoms with van der Waals surface area (Å²) in [6, 6.07) is 0.650. The Morgan fingerprint density at radius 3 is 2.75 bits per heavy atom. The molecule has 0 spiro atoms. The van der Waals surface area contributed by atoms with Gasteiger partial charge in [-0.25, -0.2) is 0 Å². The number of carbonyl (C=O) groups is 1. The van der Waals surface area contributed by atoms with Crippen molar-refractivity contribution >= 4 is 5.91 Å². The molecule has 16 heavy (non-hydrogen) atoms. The summed E-state index contributed by atoms with van der Waals surface area (Å²) in [5.41, 5.74) is 4.93. The van der Waals surface area contributed by atoms with Gasteiger partial charge < -0.3 is 11.1 Å². The number of piperidine rings is 1. The van der Waals surface area contributed by atoms with E-state index >= 15 is 0 Å². The van der Waals surface area contributed by atoms with Gasteiger partial charge in [-0.05, 0) is 40.2 Å². The molecule has 0 aromatic rings. The highest BCUT2D eigenvalue weighted by Gasteiger charge is 2.22. The van der Waals surface area contributed by atoms with Crippen molar-refractivity contribution in [2.75, 3.05) is 19.6 Å². The van der Waals surface area contributed by atoms with Crippen LogP contribution in [0.15, 0.2) is 0 Å². The minimum Gasteiger partial charge on any atom is -0.353 e. The fourth-order valence-corrected chi connectivity index (χ4v) is 2.03. The van der Waals surface area contributed by atoms with Gasteiger partial charge in [-0.1, -0.05) is 6.42 Å². The highest BCUT2D eigenvalue weighted by molar-refractivity contribution is 5.84. The zero-order chi connectivity index (χ0) is 12.2. The predicted octanol–water partition coefficient (Wildman–Crippen LogP) is 0.714. The van der Waals surface area contributed by atoms with Crippen LogP contribution < -0.4 is 11.1 Å². The number of likely N-dealkylation sites (tertiary alicyclic amines) is 1. The van der Waals surface area contributed by atoms with Gasteiger partial charge >= 0.3 is 0 Å². The fourth-order valence-electron chi connectivity index (χ4n) is 2.03. The average Bonchev–Trinajstić information content (AvgIpc) is 2.19. The van der Waals surface area contributed by atoms with Crippen molar-refractivity contribution in [3.8, 4) is 0 Å². The number of carbonyl (C=O) groups excluding carboxylic acids is 1. The molecule has 3 N–H and O–H groups in total. The van der Waals surface area contributed by atoms with E-state index < -0.39 is 5.54 Å². The molecule has 4 nitrogen and oxygen atoms in total. The number of amides is 1. The van der Waals surface area contributed by atoms with Crippen molar-refractivity contribution in [2.45, 2.75) is 51.6 Å². The minimum atomic E-state index is -0.770. The van der Waals surface area contributed by atoms with Gasteiger partial charge in [0.1, 0.15) is 0 Å². The van der Waals surface area contributed by atoms with Gasteiger partial charge in [-0.15, -0.1) is 0 Å². The second-order valence-electron chi connectivity index (χ2n) is 5.36. The van der Waals surface area contributed by atoms with E-state index in [2.05, 4.69) is 17.1 Å². The molecule has 1 rings (SSSR count). The Hall–Kier alpha value is -0.610. The van der Waals surface area contributed by atoms with E-state index in [0.717, 1.165) is 13.1 Å². The number of nitrogens with zero attached hydrogens (tertiary/aromatic N) is 1. The van der Waals surface area contributed by atoms with Crippen LogP contribution in [0.2, 0.25) is 0 Å². The standard InChI is InChI=1S/C12H25N3O/c1-10-6-4-5-8-15(10)9-7-14-11(16)12(2,3)13/h10H,4-9,13H2,1-3H3,(H,14,16). The third kappa shape index (κ3) is 4.10. The first kappa shape index (κ1) is 13.5. The van der Waals surface area contributed by atoms with Crippen molar-refractivity contribution in [3.05, 3.63) is 0 Å². The summed E-state index contributed by atoms with van der Waals surface area (Å²) < 4.78 is 0. The molecule has 1 atom stereocenters. The number of nitrogens with one attached hydrogen (secondary N) is 1. The van der Waals surface area contributed by atoms with E-state index in [1.807, 2.05) is 0 Å². The summed E-state index contributed by atoms with van der Waals surface area (Å²) in [6.07, 6.45) is 3.89. The van der Waals surface area contributed by atoms with Gasteiger partial charge in [0.05, 0.1) is 5.54 Å². The Morgan fingerprint density at radius 2 is 2.19 bits per heavy atom. The Kier molecular flexibility index (Phi) is 4.74. The maximum Gasteiger partial charge on any atom is 0.239 e. The van der Waals surface area contributed by atoms with Crippen LogP contribution in [-0.2, 0) is 4.79 Å². The van der Waals surface area contributed by atoms with Gasteiger partial charge in [0.25, 0.3) is 0 Å². The van der Waals surface area contributed by atoms with E-state index in [1.54, 1.807) is 13.8 Å². The lowest BCUT2D eigenvalue weighted by Gasteiger charge is -2.33. The van der Waals surface area contributed by atoms with Crippen LogP contribution in [-0.4, -0.2) is 42.0 Å². The molecule has 1 aliphatic heterocycles. The Labute approximate surface area is 98.6 Å². The van der Waals surface area contributed by atoms with Crippen LogP contribution in [0.5, 0.6) is 0 Å². The molecule has 0 bridgehead atoms. The lowest BCUT2D eigenvalue weighted by atomic mass is 10.0. The van der Waals surface area contributed by atoms with Crippen molar-refractivity contribution in [1.29, 1.82) is 0 Å². The topological polar surface area (TPSA) is 58.4 Å². The van der Waals surface area contributed by atoms with Crippen molar-refractivity contribution in [3.63, 3.8) is 0 Å². The highest BCUT2D eigenvalue weighted by atomic mass is 16.2. The summed E-state index contributed by atoms with van der Waals surface area (Å²) in [5, 5.41) is 2.88. The summed E-state index contributed by atoms with van der Waals surface area (Å²) in [5.74, 6) is -0.0721. The van der Waals surface area contributed by atoms with Gasteiger partial charge in [0.15, 0.2) is 0 Å². The first-order chi connectivity index (χ1) is 7.41. The molecule has 1 saturated heterocycles. The predicted molar refractivity (Wildman–Crippen MR) is 66.2 cm³/mol. The van der Waals surface area contributed by atoms with Gasteiger partial charge in [-0.2, -0.15) is 0 Å². The van der Waals surface area contributed by atoms with E-state index in [1.165, 1.54) is 19.3 Å². The smallest absolute Gasteiger partial charge is 0.239 e. The Balaban J connectivity index is 2.22. The molecule has 0 saturated carbocycles. The zero-order valence-corrected chi connectivity index (χ0v) is 10.8. The molecule has 1 amide bonds. The van der Waals surface area contributed by atoms with E-state index in [9.17, 15) is 4.79 Å². The Morgan fingerprint density at radius 1 is 1.50 bits per heavy atom. The second-order valence-corrected chi connectivity index (χ2v) is 5.36. The number of hydrogen-bond acceptors (Lipinski definition) is 3. The van der Waals surface area contributed by atoms with Crippen molar-refractivity contribution < 1.29 is 4.79 Å². The molecule has 4 heteroatoms. The quantitative estimate of drug-likeness (QED) is 0.744. The van der Waals surface area contributed by atoms with Crippen LogP contribution in [0.25, 0.3) is 0 Å². The third-order valence-corrected chi connectivity index (χ3v) is 3.21. The largest absolute Gasteiger partial charge is 0.353 e. The summed E-state index contributed by atoms with van der Waals surface area (Å²) in [4.78, 5) is 14.0. The van der Waals surface area contributed by atoms with Crippen LogP contribution in [0.1, 0.15) is 40.0 Å². The van der Waals surface area contributed by atoms with E-state index in [0.29, 0.717) is 12.6 Å². The number of nitrogens with two attached hydrogens (primary N) is 1. The fraction of sp³-hybridized carbons (Fsp3) is 0.917. The summed E-state index contributed by atoms with van der Waals surface area (Å²) >= 11 is 0. The first-order valence-corrected chi connectivity index (χ1v) is 6.22.